The summed E-state index contributed by atoms with van der Waals surface area (Å²) in [6.07, 6.45) is 0.906. The van der Waals surface area contributed by atoms with Crippen LogP contribution >= 0.6 is 0 Å². The fraction of sp³-hybridized carbons (Fsp3) is 0.550. The van der Waals surface area contributed by atoms with Crippen LogP contribution in [0.1, 0.15) is 67.4 Å². The van der Waals surface area contributed by atoms with E-state index in [-0.39, 0.29) is 5.41 Å². The van der Waals surface area contributed by atoms with Crippen LogP contribution in [0.4, 0.5) is 0 Å². The van der Waals surface area contributed by atoms with Gasteiger partial charge in [0.1, 0.15) is 0 Å². The predicted octanol–water partition coefficient (Wildman–Crippen LogP) is 5.91. The number of benzene rings is 1. The summed E-state index contributed by atoms with van der Waals surface area (Å²) in [5.74, 6) is 0. The average molecular weight is 303 g/mol. The molecular weight excluding hydrogens is 268 g/mol. The van der Waals surface area contributed by atoms with E-state index < -0.39 is 0 Å². The molecule has 1 aromatic rings. The van der Waals surface area contributed by atoms with Crippen LogP contribution in [0.25, 0.3) is 0 Å². The van der Waals surface area contributed by atoms with Crippen molar-refractivity contribution in [2.75, 3.05) is 0 Å². The maximum Gasteiger partial charge on any atom is 0.0494 e. The normalized spacial score (nSPS) is 14.0. The fourth-order valence-corrected chi connectivity index (χ4v) is 1.80. The van der Waals surface area contributed by atoms with Gasteiger partial charge in [-0.1, -0.05) is 92.3 Å². The average Bonchev–Trinajstić information content (AvgIpc) is 2.89. The molecule has 0 atom stereocenters. The van der Waals surface area contributed by atoms with E-state index in [4.69, 9.17) is 0 Å². The van der Waals surface area contributed by atoms with Crippen molar-refractivity contribution in [3.05, 3.63) is 48.2 Å². The molecule has 1 aliphatic heterocycles. The van der Waals surface area contributed by atoms with Crippen LogP contribution in [0, 0.1) is 5.41 Å². The van der Waals surface area contributed by atoms with E-state index in [0.717, 1.165) is 12.1 Å². The first-order valence-corrected chi connectivity index (χ1v) is 8.17. The van der Waals surface area contributed by atoms with Crippen molar-refractivity contribution >= 4 is 5.71 Å². The summed E-state index contributed by atoms with van der Waals surface area (Å²) in [6, 6.07) is 10.6. The number of allylic oxidation sites excluding steroid dienone is 1. The second-order valence-electron chi connectivity index (χ2n) is 7.32. The summed E-state index contributed by atoms with van der Waals surface area (Å²) in [7, 11) is 0. The summed E-state index contributed by atoms with van der Waals surface area (Å²) >= 11 is 0. The molecule has 1 heterocycles. The van der Waals surface area contributed by atoms with Crippen molar-refractivity contribution in [3.8, 4) is 0 Å². The molecule has 0 bridgehead atoms. The molecule has 0 amide bonds. The minimum Gasteiger partial charge on any atom is -0.283 e. The Labute approximate surface area is 137 Å². The van der Waals surface area contributed by atoms with Gasteiger partial charge in [-0.2, -0.15) is 5.10 Å². The zero-order chi connectivity index (χ0) is 17.4. The van der Waals surface area contributed by atoms with Gasteiger partial charge in [0, 0.05) is 23.2 Å². The number of nitrogens with one attached hydrogen (secondary N) is 1. The van der Waals surface area contributed by atoms with Gasteiger partial charge in [-0.25, -0.2) is 0 Å². The van der Waals surface area contributed by atoms with E-state index in [0.29, 0.717) is 5.41 Å². The first-order valence-electron chi connectivity index (χ1n) is 8.17. The maximum atomic E-state index is 4.16. The molecule has 1 aliphatic rings. The number of rotatable bonds is 0. The van der Waals surface area contributed by atoms with E-state index in [1.54, 1.807) is 0 Å². The highest BCUT2D eigenvalue weighted by Gasteiger charge is 2.22. The van der Waals surface area contributed by atoms with Gasteiger partial charge < -0.3 is 0 Å². The van der Waals surface area contributed by atoms with E-state index in [2.05, 4.69) is 89.0 Å². The molecule has 2 heteroatoms. The minimum atomic E-state index is 0.187. The number of nitrogens with zero attached hydrogens (tertiary/aromatic N) is 1. The predicted molar refractivity (Wildman–Crippen MR) is 100 cm³/mol. The van der Waals surface area contributed by atoms with Gasteiger partial charge in [0.25, 0.3) is 0 Å². The minimum absolute atomic E-state index is 0.187. The van der Waals surface area contributed by atoms with Crippen LogP contribution in [0.3, 0.4) is 0 Å². The fourth-order valence-electron chi connectivity index (χ4n) is 1.80. The molecule has 0 spiro atoms. The van der Waals surface area contributed by atoms with Gasteiger partial charge in [-0.3, -0.25) is 5.43 Å². The molecule has 124 valence electrons. The van der Waals surface area contributed by atoms with Gasteiger partial charge in [0.05, 0.1) is 0 Å². The first kappa shape index (κ1) is 20.4. The van der Waals surface area contributed by atoms with E-state index in [9.17, 15) is 0 Å². The van der Waals surface area contributed by atoms with Crippen molar-refractivity contribution in [2.45, 2.75) is 67.2 Å². The Kier molecular flexibility index (Phi) is 8.15. The van der Waals surface area contributed by atoms with Crippen LogP contribution in [0.2, 0.25) is 0 Å². The zero-order valence-corrected chi connectivity index (χ0v) is 15.7. The molecule has 0 radical (unpaired) electrons. The second kappa shape index (κ2) is 8.77. The van der Waals surface area contributed by atoms with Gasteiger partial charge in [-0.15, -0.1) is 0 Å². The molecule has 0 saturated heterocycles. The van der Waals surface area contributed by atoms with Gasteiger partial charge in [0.15, 0.2) is 0 Å². The smallest absolute Gasteiger partial charge is 0.0494 e. The molecule has 0 aromatic heterocycles. The van der Waals surface area contributed by atoms with Crippen LogP contribution in [0.15, 0.2) is 47.7 Å². The Balaban J connectivity index is 0.000000360. The monoisotopic (exact) mass is 302 g/mol. The third-order valence-corrected chi connectivity index (χ3v) is 3.24. The lowest BCUT2D eigenvalue weighted by molar-refractivity contribution is 0.584. The number of hydrogen-bond acceptors (Lipinski definition) is 2. The Morgan fingerprint density at radius 1 is 0.909 bits per heavy atom. The lowest BCUT2D eigenvalue weighted by atomic mass is 9.87. The van der Waals surface area contributed by atoms with Gasteiger partial charge in [-0.05, 0) is 11.0 Å². The molecular formula is C20H34N2. The molecule has 0 saturated carbocycles. The van der Waals surface area contributed by atoms with Crippen LogP contribution in [0.5, 0.6) is 0 Å². The van der Waals surface area contributed by atoms with Crippen molar-refractivity contribution in [1.29, 1.82) is 0 Å². The standard InChI is InChI=1S/C10H14.C8H14N2.C2H6/c1-10(2,3)9-7-5-4-6-8-9;1-6-5-7(10-9-6)8(2,3)4;1-2/h4-8H,1-3H3;9H,1,5H2,2-4H3;1-2H3. The van der Waals surface area contributed by atoms with Gasteiger partial charge in [0.2, 0.25) is 0 Å². The Hall–Kier alpha value is -1.57. The van der Waals surface area contributed by atoms with Crippen molar-refractivity contribution in [2.24, 2.45) is 10.5 Å². The molecule has 1 aromatic carbocycles. The van der Waals surface area contributed by atoms with Gasteiger partial charge >= 0.3 is 0 Å². The molecule has 0 fully saturated rings. The topological polar surface area (TPSA) is 24.4 Å². The van der Waals surface area contributed by atoms with E-state index in [1.165, 1.54) is 11.3 Å². The Bertz CT molecular complexity index is 471. The molecule has 2 rings (SSSR count). The van der Waals surface area contributed by atoms with Crippen molar-refractivity contribution in [1.82, 2.24) is 5.43 Å². The second-order valence-corrected chi connectivity index (χ2v) is 7.32. The van der Waals surface area contributed by atoms with Crippen molar-refractivity contribution < 1.29 is 0 Å². The highest BCUT2D eigenvalue weighted by Crippen LogP contribution is 2.23. The lowest BCUT2D eigenvalue weighted by Gasteiger charge is -2.18. The first-order chi connectivity index (χ1) is 10.1. The molecule has 0 aliphatic carbocycles. The van der Waals surface area contributed by atoms with Crippen molar-refractivity contribution in [3.63, 3.8) is 0 Å². The number of hydrazone groups is 1. The SMILES string of the molecule is C=C1CC(C(C)(C)C)=NN1.CC.CC(C)(C)c1ccccc1. The third kappa shape index (κ3) is 7.44. The lowest BCUT2D eigenvalue weighted by Crippen LogP contribution is -2.17. The van der Waals surface area contributed by atoms with Crippen LogP contribution < -0.4 is 5.43 Å². The molecule has 1 N–H and O–H groups in total. The van der Waals surface area contributed by atoms with E-state index >= 15 is 0 Å². The molecule has 2 nitrogen and oxygen atoms in total. The molecule has 22 heavy (non-hydrogen) atoms. The summed E-state index contributed by atoms with van der Waals surface area (Å²) < 4.78 is 0. The highest BCUT2D eigenvalue weighted by molar-refractivity contribution is 5.92. The maximum absolute atomic E-state index is 4.16. The summed E-state index contributed by atoms with van der Waals surface area (Å²) in [5.41, 5.74) is 6.94. The quantitative estimate of drug-likeness (QED) is 0.633. The summed E-state index contributed by atoms with van der Waals surface area (Å²) in [4.78, 5) is 0. The summed E-state index contributed by atoms with van der Waals surface area (Å²) in [6.45, 7) is 20.9. The van der Waals surface area contributed by atoms with E-state index in [1.807, 2.05) is 13.8 Å². The Morgan fingerprint density at radius 3 is 1.64 bits per heavy atom. The van der Waals surface area contributed by atoms with Crippen LogP contribution in [-0.4, -0.2) is 5.71 Å². The highest BCUT2D eigenvalue weighted by atomic mass is 15.3. The zero-order valence-electron chi connectivity index (χ0n) is 15.7. The number of hydrogen-bond donors (Lipinski definition) is 1. The summed E-state index contributed by atoms with van der Waals surface area (Å²) in [5, 5.41) is 4.16. The molecule has 0 unspecified atom stereocenters. The largest absolute Gasteiger partial charge is 0.283 e. The Morgan fingerprint density at radius 2 is 1.41 bits per heavy atom. The third-order valence-electron chi connectivity index (χ3n) is 3.24. The van der Waals surface area contributed by atoms with Crippen LogP contribution in [-0.2, 0) is 5.41 Å².